The molecule has 1 fully saturated rings. The Morgan fingerprint density at radius 1 is 1.43 bits per heavy atom. The maximum absolute atomic E-state index is 12.1. The lowest BCUT2D eigenvalue weighted by molar-refractivity contribution is -0.151. The first kappa shape index (κ1) is 19.3. The van der Waals surface area contributed by atoms with Gasteiger partial charge in [-0.2, -0.15) is 0 Å². The lowest BCUT2D eigenvalue weighted by Crippen LogP contribution is -2.42. The number of hydrogen-bond acceptors (Lipinski definition) is 5. The maximum atomic E-state index is 12.1. The van der Waals surface area contributed by atoms with Crippen LogP contribution in [0.3, 0.4) is 0 Å². The fourth-order valence-electron chi connectivity index (χ4n) is 4.84. The first-order valence-electron chi connectivity index (χ1n) is 10.3. The maximum Gasteiger partial charge on any atom is 0.309 e. The number of hydrogen-bond donors (Lipinski definition) is 0. The molecule has 0 radical (unpaired) electrons. The molecule has 4 rings (SSSR count). The summed E-state index contributed by atoms with van der Waals surface area (Å²) in [6.07, 6.45) is 3.17. The van der Waals surface area contributed by atoms with Crippen molar-refractivity contribution < 1.29 is 19.0 Å². The summed E-state index contributed by atoms with van der Waals surface area (Å²) in [5.41, 5.74) is 3.30. The van der Waals surface area contributed by atoms with Gasteiger partial charge in [0.05, 0.1) is 18.4 Å². The molecule has 2 heterocycles. The summed E-state index contributed by atoms with van der Waals surface area (Å²) in [4.78, 5) is 14.5. The Kier molecular flexibility index (Phi) is 4.90. The van der Waals surface area contributed by atoms with Crippen molar-refractivity contribution in [3.05, 3.63) is 35.4 Å². The Morgan fingerprint density at radius 2 is 2.18 bits per heavy atom. The number of benzene rings is 1. The van der Waals surface area contributed by atoms with Crippen molar-refractivity contribution in [2.45, 2.75) is 63.7 Å². The highest BCUT2D eigenvalue weighted by Crippen LogP contribution is 2.56. The van der Waals surface area contributed by atoms with E-state index in [9.17, 15) is 4.79 Å². The smallest absolute Gasteiger partial charge is 0.309 e. The quantitative estimate of drug-likeness (QED) is 0.550. The zero-order valence-electron chi connectivity index (χ0n) is 17.4. The molecule has 0 spiro atoms. The summed E-state index contributed by atoms with van der Waals surface area (Å²) < 4.78 is 17.9. The van der Waals surface area contributed by atoms with E-state index in [1.165, 1.54) is 11.1 Å². The van der Waals surface area contributed by atoms with E-state index in [1.54, 1.807) is 7.11 Å². The van der Waals surface area contributed by atoms with Gasteiger partial charge >= 0.3 is 5.97 Å². The number of ether oxygens (including phenoxy) is 3. The van der Waals surface area contributed by atoms with E-state index in [0.29, 0.717) is 6.42 Å². The van der Waals surface area contributed by atoms with Crippen LogP contribution in [0.5, 0.6) is 11.5 Å². The van der Waals surface area contributed by atoms with Crippen LogP contribution in [0, 0.1) is 5.92 Å². The molecule has 5 heteroatoms. The van der Waals surface area contributed by atoms with Gasteiger partial charge in [0.2, 0.25) is 0 Å². The molecule has 28 heavy (non-hydrogen) atoms. The molecule has 1 aliphatic carbocycles. The van der Waals surface area contributed by atoms with Gasteiger partial charge < -0.3 is 19.1 Å². The third-order valence-corrected chi connectivity index (χ3v) is 6.55. The zero-order valence-corrected chi connectivity index (χ0v) is 17.4. The molecular formula is C23H31NO4. The van der Waals surface area contributed by atoms with Crippen LogP contribution < -0.4 is 9.47 Å². The second-order valence-corrected chi connectivity index (χ2v) is 8.73. The molecular weight excluding hydrogens is 354 g/mol. The molecule has 2 aliphatic heterocycles. The average Bonchev–Trinajstić information content (AvgIpc) is 3.44. The second-order valence-electron chi connectivity index (χ2n) is 8.73. The number of esters is 1. The molecule has 3 aliphatic rings. The minimum Gasteiger partial charge on any atom is -0.493 e. The van der Waals surface area contributed by atoms with Gasteiger partial charge in [-0.3, -0.25) is 4.79 Å². The standard InChI is InChI=1S/C23H31NO4/c1-14(2)23-10-11-24(4)13-17-8-9-18(26-5)21(20(17)23)28-19(23)12-15(3)27-22(25)16-6-7-16/h8-9,15-16,19H,1,6-7,10-13H2,2-5H3/t15-,19?,23+/m0/s1. The van der Waals surface area contributed by atoms with E-state index in [4.69, 9.17) is 14.2 Å². The molecule has 1 aromatic rings. The molecule has 0 saturated heterocycles. The largest absolute Gasteiger partial charge is 0.493 e. The molecule has 0 bridgehead atoms. The van der Waals surface area contributed by atoms with Crippen molar-refractivity contribution in [3.8, 4) is 11.5 Å². The molecule has 1 aromatic carbocycles. The van der Waals surface area contributed by atoms with E-state index in [1.807, 2.05) is 13.0 Å². The predicted octanol–water partition coefficient (Wildman–Crippen LogP) is 3.84. The molecule has 3 atom stereocenters. The summed E-state index contributed by atoms with van der Waals surface area (Å²) in [5, 5.41) is 0. The topological polar surface area (TPSA) is 48.0 Å². The molecule has 1 unspecified atom stereocenters. The number of nitrogens with zero attached hydrogens (tertiary/aromatic N) is 1. The minimum atomic E-state index is -0.287. The Bertz CT molecular complexity index is 800. The highest BCUT2D eigenvalue weighted by Gasteiger charge is 2.53. The van der Waals surface area contributed by atoms with Crippen LogP contribution in [0.2, 0.25) is 0 Å². The molecule has 152 valence electrons. The average molecular weight is 386 g/mol. The van der Waals surface area contributed by atoms with Crippen LogP contribution in [0.4, 0.5) is 0 Å². The summed E-state index contributed by atoms with van der Waals surface area (Å²) in [5.74, 6) is 1.65. The van der Waals surface area contributed by atoms with Gasteiger partial charge in [-0.05, 0) is 58.3 Å². The van der Waals surface area contributed by atoms with Crippen molar-refractivity contribution in [3.63, 3.8) is 0 Å². The van der Waals surface area contributed by atoms with Gasteiger partial charge in [-0.25, -0.2) is 0 Å². The Labute approximate surface area is 167 Å². The first-order chi connectivity index (χ1) is 13.4. The van der Waals surface area contributed by atoms with Crippen LogP contribution >= 0.6 is 0 Å². The van der Waals surface area contributed by atoms with Crippen LogP contribution in [0.25, 0.3) is 0 Å². The highest BCUT2D eigenvalue weighted by atomic mass is 16.6. The molecule has 1 saturated carbocycles. The third-order valence-electron chi connectivity index (χ3n) is 6.55. The second kappa shape index (κ2) is 7.11. The van der Waals surface area contributed by atoms with E-state index < -0.39 is 0 Å². The monoisotopic (exact) mass is 385 g/mol. The van der Waals surface area contributed by atoms with Crippen molar-refractivity contribution >= 4 is 5.97 Å². The summed E-state index contributed by atoms with van der Waals surface area (Å²) in [7, 11) is 3.83. The SMILES string of the molecule is C=C(C)[C@@]12CCN(C)Cc3ccc(OC)c(c31)OC2C[C@H](C)OC(=O)C1CC1. The van der Waals surface area contributed by atoms with E-state index in [2.05, 4.69) is 31.5 Å². The van der Waals surface area contributed by atoms with Gasteiger partial charge in [-0.1, -0.05) is 18.2 Å². The fraction of sp³-hybridized carbons (Fsp3) is 0.609. The molecule has 0 aromatic heterocycles. The van der Waals surface area contributed by atoms with E-state index >= 15 is 0 Å². The Hall–Kier alpha value is -2.01. The number of carbonyl (C=O) groups excluding carboxylic acids is 1. The van der Waals surface area contributed by atoms with Crippen LogP contribution in [0.1, 0.15) is 50.7 Å². The summed E-state index contributed by atoms with van der Waals surface area (Å²) >= 11 is 0. The third kappa shape index (κ3) is 3.10. The highest BCUT2D eigenvalue weighted by molar-refractivity contribution is 5.75. The van der Waals surface area contributed by atoms with Gasteiger partial charge in [0, 0.05) is 18.5 Å². The predicted molar refractivity (Wildman–Crippen MR) is 108 cm³/mol. The van der Waals surface area contributed by atoms with E-state index in [-0.39, 0.29) is 29.5 Å². The van der Waals surface area contributed by atoms with Crippen molar-refractivity contribution in [1.82, 2.24) is 4.90 Å². The lowest BCUT2D eigenvalue weighted by Gasteiger charge is -2.36. The van der Waals surface area contributed by atoms with Crippen LogP contribution in [0.15, 0.2) is 24.3 Å². The first-order valence-corrected chi connectivity index (χ1v) is 10.3. The van der Waals surface area contributed by atoms with Crippen molar-refractivity contribution in [1.29, 1.82) is 0 Å². The Balaban J connectivity index is 1.71. The zero-order chi connectivity index (χ0) is 20.1. The molecule has 0 amide bonds. The fourth-order valence-corrected chi connectivity index (χ4v) is 4.84. The minimum absolute atomic E-state index is 0.0637. The summed E-state index contributed by atoms with van der Waals surface area (Å²) in [6.45, 7) is 10.3. The lowest BCUT2D eigenvalue weighted by atomic mass is 9.67. The number of rotatable bonds is 6. The normalized spacial score (nSPS) is 27.4. The van der Waals surface area contributed by atoms with Crippen molar-refractivity contribution in [2.75, 3.05) is 20.7 Å². The summed E-state index contributed by atoms with van der Waals surface area (Å²) in [6, 6.07) is 4.15. The van der Waals surface area contributed by atoms with Gasteiger partial charge in [-0.15, -0.1) is 0 Å². The molecule has 0 N–H and O–H groups in total. The van der Waals surface area contributed by atoms with Crippen LogP contribution in [-0.2, 0) is 21.5 Å². The molecule has 5 nitrogen and oxygen atoms in total. The number of carbonyl (C=O) groups is 1. The van der Waals surface area contributed by atoms with E-state index in [0.717, 1.165) is 49.4 Å². The Morgan fingerprint density at radius 3 is 2.82 bits per heavy atom. The van der Waals surface area contributed by atoms with Gasteiger partial charge in [0.1, 0.15) is 12.2 Å². The van der Waals surface area contributed by atoms with Gasteiger partial charge in [0.25, 0.3) is 0 Å². The van der Waals surface area contributed by atoms with Crippen molar-refractivity contribution in [2.24, 2.45) is 5.92 Å². The van der Waals surface area contributed by atoms with Gasteiger partial charge in [0.15, 0.2) is 11.5 Å². The number of methoxy groups -OCH3 is 1. The van der Waals surface area contributed by atoms with Crippen LogP contribution in [-0.4, -0.2) is 43.8 Å².